The first-order valence-corrected chi connectivity index (χ1v) is 6.31. The first-order chi connectivity index (χ1) is 9.36. The van der Waals surface area contributed by atoms with Gasteiger partial charge in [-0.15, -0.1) is 0 Å². The SMILES string of the molecule is CCC(O)CCNc1cc(C(=O)O)cc([N+](=O)[O-])c1C. The fraction of sp³-hybridized carbons (Fsp3) is 0.462. The number of aromatic carboxylic acids is 1. The van der Waals surface area contributed by atoms with Crippen molar-refractivity contribution >= 4 is 17.3 Å². The number of nitro groups is 1. The molecule has 0 heterocycles. The van der Waals surface area contributed by atoms with E-state index in [1.807, 2.05) is 6.92 Å². The van der Waals surface area contributed by atoms with E-state index in [0.717, 1.165) is 6.07 Å². The summed E-state index contributed by atoms with van der Waals surface area (Å²) in [5, 5.41) is 32.3. The van der Waals surface area contributed by atoms with Gasteiger partial charge in [-0.2, -0.15) is 0 Å². The number of aliphatic hydroxyl groups is 1. The molecule has 7 heteroatoms. The minimum Gasteiger partial charge on any atom is -0.478 e. The van der Waals surface area contributed by atoms with Gasteiger partial charge >= 0.3 is 5.97 Å². The first-order valence-electron chi connectivity index (χ1n) is 6.31. The van der Waals surface area contributed by atoms with Crippen LogP contribution >= 0.6 is 0 Å². The van der Waals surface area contributed by atoms with Crippen LogP contribution in [0.15, 0.2) is 12.1 Å². The number of aliphatic hydroxyl groups excluding tert-OH is 1. The van der Waals surface area contributed by atoms with E-state index in [4.69, 9.17) is 5.11 Å². The highest BCUT2D eigenvalue weighted by atomic mass is 16.6. The molecule has 0 aliphatic carbocycles. The Morgan fingerprint density at radius 3 is 2.65 bits per heavy atom. The fourth-order valence-corrected chi connectivity index (χ4v) is 1.77. The van der Waals surface area contributed by atoms with Crippen LogP contribution in [0.4, 0.5) is 11.4 Å². The number of anilines is 1. The number of nitrogens with one attached hydrogen (secondary N) is 1. The number of nitrogens with zero attached hydrogens (tertiary/aromatic N) is 1. The number of hydrogen-bond donors (Lipinski definition) is 3. The van der Waals surface area contributed by atoms with Crippen molar-refractivity contribution in [3.63, 3.8) is 0 Å². The molecule has 0 amide bonds. The van der Waals surface area contributed by atoms with Gasteiger partial charge in [0.15, 0.2) is 0 Å². The predicted octanol–water partition coefficient (Wildman–Crippen LogP) is 2.17. The van der Waals surface area contributed by atoms with Gasteiger partial charge in [-0.1, -0.05) is 6.92 Å². The van der Waals surface area contributed by atoms with E-state index in [1.165, 1.54) is 6.07 Å². The van der Waals surface area contributed by atoms with Crippen LogP contribution in [0.1, 0.15) is 35.7 Å². The molecule has 0 bridgehead atoms. The van der Waals surface area contributed by atoms with Gasteiger partial charge in [0.05, 0.1) is 16.6 Å². The Morgan fingerprint density at radius 1 is 1.50 bits per heavy atom. The molecular weight excluding hydrogens is 264 g/mol. The second-order valence-electron chi connectivity index (χ2n) is 4.51. The van der Waals surface area contributed by atoms with E-state index in [1.54, 1.807) is 6.92 Å². The van der Waals surface area contributed by atoms with Crippen molar-refractivity contribution in [3.8, 4) is 0 Å². The maximum absolute atomic E-state index is 11.0. The van der Waals surface area contributed by atoms with Crippen LogP contribution in [-0.4, -0.2) is 33.8 Å². The summed E-state index contributed by atoms with van der Waals surface area (Å²) in [6.45, 7) is 3.82. The smallest absolute Gasteiger partial charge is 0.336 e. The molecule has 0 aromatic heterocycles. The Morgan fingerprint density at radius 2 is 2.15 bits per heavy atom. The monoisotopic (exact) mass is 282 g/mol. The highest BCUT2D eigenvalue weighted by Crippen LogP contribution is 2.27. The molecule has 0 radical (unpaired) electrons. The number of carbonyl (C=O) groups is 1. The predicted molar refractivity (Wildman–Crippen MR) is 74.2 cm³/mol. The molecular formula is C13H18N2O5. The van der Waals surface area contributed by atoms with Gasteiger partial charge in [-0.05, 0) is 25.8 Å². The summed E-state index contributed by atoms with van der Waals surface area (Å²) in [6, 6.07) is 2.41. The van der Waals surface area contributed by atoms with Crippen LogP contribution < -0.4 is 5.32 Å². The average Bonchev–Trinajstić information content (AvgIpc) is 2.39. The van der Waals surface area contributed by atoms with Crippen molar-refractivity contribution in [1.82, 2.24) is 0 Å². The van der Waals surface area contributed by atoms with Gasteiger partial charge in [0.25, 0.3) is 5.69 Å². The van der Waals surface area contributed by atoms with E-state index < -0.39 is 17.0 Å². The lowest BCUT2D eigenvalue weighted by Crippen LogP contribution is -2.13. The zero-order chi connectivity index (χ0) is 15.3. The molecule has 1 rings (SSSR count). The summed E-state index contributed by atoms with van der Waals surface area (Å²) in [4.78, 5) is 21.3. The Hall–Kier alpha value is -2.15. The van der Waals surface area contributed by atoms with Gasteiger partial charge in [0.1, 0.15) is 0 Å². The summed E-state index contributed by atoms with van der Waals surface area (Å²) >= 11 is 0. The minimum absolute atomic E-state index is 0.138. The standard InChI is InChI=1S/C13H18N2O5/c1-3-10(16)4-5-14-11-6-9(13(17)18)7-12(8(11)2)15(19)20/h6-7,10,14,16H,3-5H2,1-2H3,(H,17,18). The molecule has 7 nitrogen and oxygen atoms in total. The van der Waals surface area contributed by atoms with E-state index >= 15 is 0 Å². The second-order valence-corrected chi connectivity index (χ2v) is 4.51. The third kappa shape index (κ3) is 3.92. The number of nitro benzene ring substituents is 1. The van der Waals surface area contributed by atoms with Gasteiger partial charge in [-0.25, -0.2) is 4.79 Å². The molecule has 1 atom stereocenters. The van der Waals surface area contributed by atoms with E-state index in [-0.39, 0.29) is 11.3 Å². The number of carboxylic acid groups (broad SMARTS) is 1. The Bertz CT molecular complexity index is 516. The Labute approximate surface area is 116 Å². The lowest BCUT2D eigenvalue weighted by atomic mass is 10.1. The summed E-state index contributed by atoms with van der Waals surface area (Å²) < 4.78 is 0. The van der Waals surface area contributed by atoms with Crippen molar-refractivity contribution in [2.24, 2.45) is 0 Å². The lowest BCUT2D eigenvalue weighted by Gasteiger charge is -2.13. The highest BCUT2D eigenvalue weighted by Gasteiger charge is 2.18. The Balaban J connectivity index is 2.99. The van der Waals surface area contributed by atoms with Gasteiger partial charge < -0.3 is 15.5 Å². The van der Waals surface area contributed by atoms with Crippen molar-refractivity contribution in [2.45, 2.75) is 32.8 Å². The molecule has 0 saturated carbocycles. The number of hydrogen-bond acceptors (Lipinski definition) is 5. The molecule has 0 saturated heterocycles. The maximum atomic E-state index is 11.0. The quantitative estimate of drug-likeness (QED) is 0.522. The van der Waals surface area contributed by atoms with Crippen LogP contribution in [0.3, 0.4) is 0 Å². The second kappa shape index (κ2) is 6.85. The Kier molecular flexibility index (Phi) is 5.45. The van der Waals surface area contributed by atoms with Gasteiger partial charge in [0.2, 0.25) is 0 Å². The molecule has 0 fully saturated rings. The summed E-state index contributed by atoms with van der Waals surface area (Å²) in [5.41, 5.74) is 0.412. The average molecular weight is 282 g/mol. The molecule has 1 aromatic carbocycles. The normalized spacial score (nSPS) is 11.9. The molecule has 0 aliphatic rings. The lowest BCUT2D eigenvalue weighted by molar-refractivity contribution is -0.385. The summed E-state index contributed by atoms with van der Waals surface area (Å²) in [5.74, 6) is -1.22. The van der Waals surface area contributed by atoms with Crippen molar-refractivity contribution in [3.05, 3.63) is 33.4 Å². The number of carboxylic acids is 1. The van der Waals surface area contributed by atoms with Gasteiger partial charge in [0, 0.05) is 23.9 Å². The van der Waals surface area contributed by atoms with Crippen LogP contribution in [0, 0.1) is 17.0 Å². The zero-order valence-corrected chi connectivity index (χ0v) is 11.4. The maximum Gasteiger partial charge on any atom is 0.336 e. The van der Waals surface area contributed by atoms with E-state index in [9.17, 15) is 20.0 Å². The van der Waals surface area contributed by atoms with Crippen LogP contribution in [-0.2, 0) is 0 Å². The number of benzene rings is 1. The zero-order valence-electron chi connectivity index (χ0n) is 11.4. The van der Waals surface area contributed by atoms with Crippen molar-refractivity contribution in [1.29, 1.82) is 0 Å². The van der Waals surface area contributed by atoms with E-state index in [0.29, 0.717) is 30.6 Å². The summed E-state index contributed by atoms with van der Waals surface area (Å²) in [6.07, 6.45) is 0.664. The van der Waals surface area contributed by atoms with Crippen LogP contribution in [0.5, 0.6) is 0 Å². The number of rotatable bonds is 7. The van der Waals surface area contributed by atoms with Crippen LogP contribution in [0.2, 0.25) is 0 Å². The van der Waals surface area contributed by atoms with E-state index in [2.05, 4.69) is 5.32 Å². The topological polar surface area (TPSA) is 113 Å². The molecule has 0 spiro atoms. The van der Waals surface area contributed by atoms with Crippen LogP contribution in [0.25, 0.3) is 0 Å². The fourth-order valence-electron chi connectivity index (χ4n) is 1.77. The molecule has 0 aliphatic heterocycles. The first kappa shape index (κ1) is 15.9. The highest BCUT2D eigenvalue weighted by molar-refractivity contribution is 5.90. The third-order valence-electron chi connectivity index (χ3n) is 3.09. The molecule has 20 heavy (non-hydrogen) atoms. The third-order valence-corrected chi connectivity index (χ3v) is 3.09. The van der Waals surface area contributed by atoms with Crippen molar-refractivity contribution in [2.75, 3.05) is 11.9 Å². The summed E-state index contributed by atoms with van der Waals surface area (Å²) in [7, 11) is 0. The molecule has 1 aromatic rings. The molecule has 3 N–H and O–H groups in total. The largest absolute Gasteiger partial charge is 0.478 e. The molecule has 1 unspecified atom stereocenters. The minimum atomic E-state index is -1.22. The van der Waals surface area contributed by atoms with Crippen molar-refractivity contribution < 1.29 is 19.9 Å². The van der Waals surface area contributed by atoms with Gasteiger partial charge in [-0.3, -0.25) is 10.1 Å². The molecule has 110 valence electrons.